The van der Waals surface area contributed by atoms with Crippen molar-refractivity contribution in [3.63, 3.8) is 0 Å². The Labute approximate surface area is 82.1 Å². The Morgan fingerprint density at radius 3 is 3.00 bits per heavy atom. The number of esters is 1. The molecule has 0 radical (unpaired) electrons. The lowest BCUT2D eigenvalue weighted by Crippen LogP contribution is -2.18. The minimum absolute atomic E-state index is 0.104. The summed E-state index contributed by atoms with van der Waals surface area (Å²) < 4.78 is 4.50. The van der Waals surface area contributed by atoms with E-state index in [1.54, 1.807) is 18.3 Å². The molecular formula is C9H13N3O2. The second-order valence-electron chi connectivity index (χ2n) is 2.86. The van der Waals surface area contributed by atoms with E-state index in [1.165, 1.54) is 7.11 Å². The van der Waals surface area contributed by atoms with Gasteiger partial charge in [-0.3, -0.25) is 4.79 Å². The standard InChI is InChI=1S/C9H13N3O2/c1-14-8(13)5-7(10)6-3-2-4-12-9(6)11/h2-4,7H,5,10H2,1H3,(H2,11,12)/t7-/m1/s1. The Kier molecular flexibility index (Phi) is 3.41. The van der Waals surface area contributed by atoms with Crippen LogP contribution in [0.2, 0.25) is 0 Å². The van der Waals surface area contributed by atoms with Crippen molar-refractivity contribution in [1.82, 2.24) is 4.98 Å². The van der Waals surface area contributed by atoms with Gasteiger partial charge < -0.3 is 16.2 Å². The quantitative estimate of drug-likeness (QED) is 0.673. The van der Waals surface area contributed by atoms with Crippen molar-refractivity contribution in [1.29, 1.82) is 0 Å². The first-order chi connectivity index (χ1) is 6.65. The van der Waals surface area contributed by atoms with Gasteiger partial charge in [0.2, 0.25) is 0 Å². The molecule has 4 N–H and O–H groups in total. The maximum atomic E-state index is 10.9. The molecular weight excluding hydrogens is 182 g/mol. The van der Waals surface area contributed by atoms with Crippen LogP contribution in [0, 0.1) is 0 Å². The minimum Gasteiger partial charge on any atom is -0.469 e. The molecule has 0 saturated heterocycles. The maximum Gasteiger partial charge on any atom is 0.307 e. The number of carbonyl (C=O) groups is 1. The van der Waals surface area contributed by atoms with Gasteiger partial charge in [-0.2, -0.15) is 0 Å². The average molecular weight is 195 g/mol. The summed E-state index contributed by atoms with van der Waals surface area (Å²) in [6.45, 7) is 0. The van der Waals surface area contributed by atoms with Gasteiger partial charge in [0, 0.05) is 17.8 Å². The van der Waals surface area contributed by atoms with Crippen molar-refractivity contribution in [3.8, 4) is 0 Å². The number of hydrogen-bond donors (Lipinski definition) is 2. The van der Waals surface area contributed by atoms with Gasteiger partial charge in [-0.15, -0.1) is 0 Å². The fraction of sp³-hybridized carbons (Fsp3) is 0.333. The van der Waals surface area contributed by atoms with E-state index in [4.69, 9.17) is 11.5 Å². The highest BCUT2D eigenvalue weighted by Crippen LogP contribution is 2.18. The molecule has 14 heavy (non-hydrogen) atoms. The molecule has 0 aromatic carbocycles. The molecule has 0 spiro atoms. The number of carbonyl (C=O) groups excluding carboxylic acids is 1. The highest BCUT2D eigenvalue weighted by Gasteiger charge is 2.14. The van der Waals surface area contributed by atoms with Gasteiger partial charge in [0.15, 0.2) is 0 Å². The first-order valence-electron chi connectivity index (χ1n) is 4.18. The average Bonchev–Trinajstić information content (AvgIpc) is 2.18. The van der Waals surface area contributed by atoms with Gasteiger partial charge in [0.05, 0.1) is 13.5 Å². The van der Waals surface area contributed by atoms with E-state index in [0.717, 1.165) is 0 Å². The fourth-order valence-corrected chi connectivity index (χ4v) is 1.12. The zero-order chi connectivity index (χ0) is 10.6. The van der Waals surface area contributed by atoms with Crippen LogP contribution >= 0.6 is 0 Å². The van der Waals surface area contributed by atoms with Crippen LogP contribution in [-0.2, 0) is 9.53 Å². The summed E-state index contributed by atoms with van der Waals surface area (Å²) in [5.41, 5.74) is 12.0. The predicted octanol–water partition coefficient (Wildman–Crippen LogP) is 0.227. The lowest BCUT2D eigenvalue weighted by atomic mass is 10.1. The van der Waals surface area contributed by atoms with E-state index in [-0.39, 0.29) is 12.4 Å². The first-order valence-corrected chi connectivity index (χ1v) is 4.18. The molecule has 0 bridgehead atoms. The molecule has 5 nitrogen and oxygen atoms in total. The number of methoxy groups -OCH3 is 1. The van der Waals surface area contributed by atoms with Crippen molar-refractivity contribution >= 4 is 11.8 Å². The molecule has 1 atom stereocenters. The molecule has 0 aliphatic carbocycles. The number of aromatic nitrogens is 1. The van der Waals surface area contributed by atoms with Crippen molar-refractivity contribution < 1.29 is 9.53 Å². The first kappa shape index (κ1) is 10.5. The molecule has 0 saturated carbocycles. The molecule has 1 aromatic heterocycles. The molecule has 0 fully saturated rings. The zero-order valence-corrected chi connectivity index (χ0v) is 7.93. The third-order valence-electron chi connectivity index (χ3n) is 1.88. The Bertz CT molecular complexity index is 328. The zero-order valence-electron chi connectivity index (χ0n) is 7.93. The van der Waals surface area contributed by atoms with Gasteiger partial charge in [0.25, 0.3) is 0 Å². The fourth-order valence-electron chi connectivity index (χ4n) is 1.12. The molecule has 0 aliphatic rings. The largest absolute Gasteiger partial charge is 0.469 e. The Morgan fingerprint density at radius 1 is 1.71 bits per heavy atom. The number of nitrogens with zero attached hydrogens (tertiary/aromatic N) is 1. The van der Waals surface area contributed by atoms with Crippen LogP contribution in [0.4, 0.5) is 5.82 Å². The van der Waals surface area contributed by atoms with Gasteiger partial charge in [-0.1, -0.05) is 6.07 Å². The van der Waals surface area contributed by atoms with E-state index >= 15 is 0 Å². The third-order valence-corrected chi connectivity index (χ3v) is 1.88. The molecule has 0 unspecified atom stereocenters. The Hall–Kier alpha value is -1.62. The molecule has 1 aromatic rings. The predicted molar refractivity (Wildman–Crippen MR) is 52.2 cm³/mol. The summed E-state index contributed by atoms with van der Waals surface area (Å²) in [4.78, 5) is 14.8. The number of anilines is 1. The van der Waals surface area contributed by atoms with Crippen LogP contribution in [0.15, 0.2) is 18.3 Å². The molecule has 0 amide bonds. The van der Waals surface area contributed by atoms with Gasteiger partial charge >= 0.3 is 5.97 Å². The normalized spacial score (nSPS) is 12.1. The lowest BCUT2D eigenvalue weighted by molar-refractivity contribution is -0.141. The summed E-state index contributed by atoms with van der Waals surface area (Å²) in [6, 6.07) is 3.01. The topological polar surface area (TPSA) is 91.2 Å². The summed E-state index contributed by atoms with van der Waals surface area (Å²) in [5.74, 6) is -0.00958. The van der Waals surface area contributed by atoms with Gasteiger partial charge in [-0.05, 0) is 6.07 Å². The number of nitrogens with two attached hydrogens (primary N) is 2. The molecule has 1 rings (SSSR count). The molecule has 1 heterocycles. The highest BCUT2D eigenvalue weighted by atomic mass is 16.5. The molecule has 0 aliphatic heterocycles. The highest BCUT2D eigenvalue weighted by molar-refractivity contribution is 5.70. The maximum absolute atomic E-state index is 10.9. The van der Waals surface area contributed by atoms with E-state index in [2.05, 4.69) is 9.72 Å². The van der Waals surface area contributed by atoms with Crippen molar-refractivity contribution in [3.05, 3.63) is 23.9 Å². The second kappa shape index (κ2) is 4.57. The number of nitrogen functional groups attached to an aromatic ring is 1. The Balaban J connectivity index is 2.74. The number of ether oxygens (including phenoxy) is 1. The SMILES string of the molecule is COC(=O)C[C@@H](N)c1cccnc1N. The second-order valence-corrected chi connectivity index (χ2v) is 2.86. The van der Waals surface area contributed by atoms with Crippen LogP contribution < -0.4 is 11.5 Å². The smallest absolute Gasteiger partial charge is 0.307 e. The number of rotatable bonds is 3. The van der Waals surface area contributed by atoms with Gasteiger partial charge in [0.1, 0.15) is 5.82 Å². The number of hydrogen-bond acceptors (Lipinski definition) is 5. The van der Waals surface area contributed by atoms with Crippen LogP contribution in [0.3, 0.4) is 0 Å². The lowest BCUT2D eigenvalue weighted by Gasteiger charge is -2.11. The summed E-state index contributed by atoms with van der Waals surface area (Å²) in [7, 11) is 1.32. The van der Waals surface area contributed by atoms with Gasteiger partial charge in [-0.25, -0.2) is 4.98 Å². The Morgan fingerprint density at radius 2 is 2.43 bits per heavy atom. The van der Waals surface area contributed by atoms with Crippen LogP contribution in [-0.4, -0.2) is 18.1 Å². The summed E-state index contributed by atoms with van der Waals surface area (Å²) >= 11 is 0. The van der Waals surface area contributed by atoms with Crippen molar-refractivity contribution in [2.75, 3.05) is 12.8 Å². The van der Waals surface area contributed by atoms with Crippen molar-refractivity contribution in [2.24, 2.45) is 5.73 Å². The van der Waals surface area contributed by atoms with E-state index in [9.17, 15) is 4.79 Å². The van der Waals surface area contributed by atoms with E-state index < -0.39 is 6.04 Å². The van der Waals surface area contributed by atoms with E-state index in [1.807, 2.05) is 0 Å². The van der Waals surface area contributed by atoms with Crippen LogP contribution in [0.5, 0.6) is 0 Å². The van der Waals surface area contributed by atoms with Crippen LogP contribution in [0.1, 0.15) is 18.0 Å². The summed E-state index contributed by atoms with van der Waals surface area (Å²) in [5, 5.41) is 0. The minimum atomic E-state index is -0.462. The monoisotopic (exact) mass is 195 g/mol. The molecule has 76 valence electrons. The molecule has 5 heteroatoms. The number of pyridine rings is 1. The van der Waals surface area contributed by atoms with Crippen LogP contribution in [0.25, 0.3) is 0 Å². The van der Waals surface area contributed by atoms with Crippen molar-refractivity contribution in [2.45, 2.75) is 12.5 Å². The van der Waals surface area contributed by atoms with E-state index in [0.29, 0.717) is 11.4 Å². The summed E-state index contributed by atoms with van der Waals surface area (Å²) in [6.07, 6.45) is 1.68. The third kappa shape index (κ3) is 2.43.